The van der Waals surface area contributed by atoms with Gasteiger partial charge in [0.15, 0.2) is 11.5 Å². The standard InChI is InChI=1S/C16H7F6N3O3/c17-15(18,19)27-12-5-10(6-13(14(12)26)28-16(20,21)22)8-24-25-11-3-1-9(7-23)2-4-11/h1-6,8H. The average Bonchev–Trinajstić information content (AvgIpc) is 2.57. The average molecular weight is 403 g/mol. The van der Waals surface area contributed by atoms with Crippen molar-refractivity contribution >= 4 is 11.5 Å². The van der Waals surface area contributed by atoms with Crippen molar-refractivity contribution in [2.24, 2.45) is 10.2 Å². The number of hydrogen-bond donors (Lipinski definition) is 0. The van der Waals surface area contributed by atoms with Gasteiger partial charge in [0.25, 0.3) is 5.78 Å². The van der Waals surface area contributed by atoms with Gasteiger partial charge in [-0.3, -0.25) is 4.79 Å². The molecule has 28 heavy (non-hydrogen) atoms. The highest BCUT2D eigenvalue weighted by molar-refractivity contribution is 6.07. The maximum absolute atomic E-state index is 12.4. The van der Waals surface area contributed by atoms with Crippen molar-refractivity contribution in [1.82, 2.24) is 0 Å². The molecule has 0 radical (unpaired) electrons. The van der Waals surface area contributed by atoms with E-state index in [1.165, 1.54) is 24.3 Å². The van der Waals surface area contributed by atoms with Crippen LogP contribution in [0.5, 0.6) is 0 Å². The van der Waals surface area contributed by atoms with E-state index >= 15 is 0 Å². The van der Waals surface area contributed by atoms with Crippen molar-refractivity contribution in [1.29, 1.82) is 5.26 Å². The predicted octanol–water partition coefficient (Wildman–Crippen LogP) is 4.95. The summed E-state index contributed by atoms with van der Waals surface area (Å²) in [4.78, 5) is 11.7. The van der Waals surface area contributed by atoms with Crippen LogP contribution in [-0.2, 0) is 14.3 Å². The highest BCUT2D eigenvalue weighted by Crippen LogP contribution is 2.31. The molecule has 0 fully saturated rings. The Morgan fingerprint density at radius 2 is 1.43 bits per heavy atom. The van der Waals surface area contributed by atoms with Gasteiger partial charge >= 0.3 is 12.7 Å². The second-order valence-corrected chi connectivity index (χ2v) is 4.95. The molecule has 0 N–H and O–H groups in total. The van der Waals surface area contributed by atoms with Crippen LogP contribution in [0.15, 0.2) is 69.9 Å². The quantitative estimate of drug-likeness (QED) is 0.526. The molecular weight excluding hydrogens is 396 g/mol. The number of Topliss-reactive ketones (excluding diaryl/α,β-unsaturated/α-hetero) is 1. The Balaban J connectivity index is 2.31. The lowest BCUT2D eigenvalue weighted by Gasteiger charge is -2.18. The van der Waals surface area contributed by atoms with Crippen molar-refractivity contribution in [2.75, 3.05) is 0 Å². The van der Waals surface area contributed by atoms with E-state index in [1.807, 2.05) is 6.07 Å². The molecule has 2 rings (SSSR count). The van der Waals surface area contributed by atoms with Crippen LogP contribution >= 0.6 is 0 Å². The Morgan fingerprint density at radius 1 is 0.929 bits per heavy atom. The molecule has 12 heteroatoms. The van der Waals surface area contributed by atoms with Crippen LogP contribution in [0, 0.1) is 11.3 Å². The Labute approximate surface area is 152 Å². The maximum atomic E-state index is 12.4. The highest BCUT2D eigenvalue weighted by atomic mass is 19.4. The third kappa shape index (κ3) is 6.27. The molecule has 0 aliphatic heterocycles. The molecule has 1 aliphatic rings. The summed E-state index contributed by atoms with van der Waals surface area (Å²) in [6, 6.07) is 7.53. The number of hydrogen-bond acceptors (Lipinski definition) is 6. The summed E-state index contributed by atoms with van der Waals surface area (Å²) in [5.41, 5.74) is 0.238. The largest absolute Gasteiger partial charge is 0.573 e. The number of allylic oxidation sites excluding steroid dienone is 3. The van der Waals surface area contributed by atoms with Crippen molar-refractivity contribution in [3.05, 3.63) is 65.3 Å². The van der Waals surface area contributed by atoms with Gasteiger partial charge in [0, 0.05) is 5.57 Å². The Kier molecular flexibility index (Phi) is 5.87. The van der Waals surface area contributed by atoms with E-state index in [-0.39, 0.29) is 11.3 Å². The highest BCUT2D eigenvalue weighted by Gasteiger charge is 2.40. The van der Waals surface area contributed by atoms with Gasteiger partial charge in [0.05, 0.1) is 23.5 Å². The predicted molar refractivity (Wildman–Crippen MR) is 79.2 cm³/mol. The summed E-state index contributed by atoms with van der Waals surface area (Å²) in [6.45, 7) is 0. The first-order chi connectivity index (χ1) is 13.0. The number of nitrogens with zero attached hydrogens (tertiary/aromatic N) is 3. The third-order valence-electron chi connectivity index (χ3n) is 2.87. The molecule has 0 heterocycles. The van der Waals surface area contributed by atoms with Crippen LogP contribution < -0.4 is 0 Å². The van der Waals surface area contributed by atoms with Gasteiger partial charge in [-0.25, -0.2) is 0 Å². The summed E-state index contributed by atoms with van der Waals surface area (Å²) in [5, 5.41) is 15.8. The van der Waals surface area contributed by atoms with E-state index in [4.69, 9.17) is 5.26 Å². The van der Waals surface area contributed by atoms with Gasteiger partial charge in [-0.05, 0) is 36.4 Å². The normalized spacial score (nSPS) is 15.0. The molecule has 0 saturated carbocycles. The fourth-order valence-electron chi connectivity index (χ4n) is 1.84. The maximum Gasteiger partial charge on any atom is 0.573 e. The Bertz CT molecular complexity index is 881. The fraction of sp³-hybridized carbons (Fsp3) is 0.125. The molecule has 1 aromatic carbocycles. The molecule has 0 spiro atoms. The van der Waals surface area contributed by atoms with Gasteiger partial charge < -0.3 is 9.47 Å². The van der Waals surface area contributed by atoms with Crippen molar-refractivity contribution in [3.63, 3.8) is 0 Å². The van der Waals surface area contributed by atoms with Gasteiger partial charge in [-0.15, -0.1) is 26.3 Å². The van der Waals surface area contributed by atoms with Gasteiger partial charge in [0.1, 0.15) is 0 Å². The second kappa shape index (κ2) is 7.95. The SMILES string of the molecule is N#Cc1ccc(N=NC=C2C=C(OC(F)(F)F)C(=O)C(OC(F)(F)F)=C2)cc1. The number of ether oxygens (including phenoxy) is 2. The van der Waals surface area contributed by atoms with Crippen LogP contribution in [0.3, 0.4) is 0 Å². The van der Waals surface area contributed by atoms with Gasteiger partial charge in [-0.1, -0.05) is 0 Å². The summed E-state index contributed by atoms with van der Waals surface area (Å²) in [5.74, 6) is -4.58. The molecule has 0 unspecified atom stereocenters. The molecule has 6 nitrogen and oxygen atoms in total. The number of rotatable bonds is 4. The molecule has 1 aromatic rings. The van der Waals surface area contributed by atoms with E-state index in [0.29, 0.717) is 17.7 Å². The molecular formula is C16H7F6N3O3. The van der Waals surface area contributed by atoms with E-state index in [1.54, 1.807) is 0 Å². The first-order valence-electron chi connectivity index (χ1n) is 7.07. The van der Waals surface area contributed by atoms with Gasteiger partial charge in [-0.2, -0.15) is 15.5 Å². The monoisotopic (exact) mass is 403 g/mol. The number of benzene rings is 1. The summed E-state index contributed by atoms with van der Waals surface area (Å²) < 4.78 is 81.0. The van der Waals surface area contributed by atoms with Crippen molar-refractivity contribution < 1.29 is 40.6 Å². The molecule has 0 saturated heterocycles. The van der Waals surface area contributed by atoms with Crippen molar-refractivity contribution in [3.8, 4) is 6.07 Å². The third-order valence-corrected chi connectivity index (χ3v) is 2.87. The van der Waals surface area contributed by atoms with E-state index in [9.17, 15) is 31.1 Å². The lowest BCUT2D eigenvalue weighted by Crippen LogP contribution is -2.25. The topological polar surface area (TPSA) is 84.0 Å². The van der Waals surface area contributed by atoms with Crippen LogP contribution in [0.4, 0.5) is 32.0 Å². The van der Waals surface area contributed by atoms with Crippen molar-refractivity contribution in [2.45, 2.75) is 12.7 Å². The number of carbonyl (C=O) groups excluding carboxylic acids is 1. The molecule has 1 aliphatic carbocycles. The second-order valence-electron chi connectivity index (χ2n) is 4.95. The summed E-state index contributed by atoms with van der Waals surface area (Å²) >= 11 is 0. The minimum Gasteiger partial charge on any atom is -0.401 e. The molecule has 0 bridgehead atoms. The smallest absolute Gasteiger partial charge is 0.401 e. The van der Waals surface area contributed by atoms with Gasteiger partial charge in [0.2, 0.25) is 0 Å². The minimum atomic E-state index is -5.31. The Morgan fingerprint density at radius 3 is 1.86 bits per heavy atom. The number of alkyl halides is 6. The molecule has 0 atom stereocenters. The number of halogens is 6. The van der Waals surface area contributed by atoms with Crippen LogP contribution in [0.25, 0.3) is 0 Å². The van der Waals surface area contributed by atoms with E-state index < -0.39 is 30.0 Å². The lowest BCUT2D eigenvalue weighted by atomic mass is 10.1. The lowest BCUT2D eigenvalue weighted by molar-refractivity contribution is -0.309. The van der Waals surface area contributed by atoms with Crippen LogP contribution in [0.2, 0.25) is 0 Å². The molecule has 0 amide bonds. The first kappa shape index (κ1) is 20.7. The fourth-order valence-corrected chi connectivity index (χ4v) is 1.84. The zero-order valence-electron chi connectivity index (χ0n) is 13.4. The molecule has 0 aromatic heterocycles. The molecule has 146 valence electrons. The number of carbonyl (C=O) groups is 1. The number of azo groups is 1. The van der Waals surface area contributed by atoms with Crippen LogP contribution in [0.1, 0.15) is 5.56 Å². The Hall–Kier alpha value is -3.62. The number of ketones is 1. The van der Waals surface area contributed by atoms with E-state index in [2.05, 4.69) is 19.7 Å². The zero-order valence-corrected chi connectivity index (χ0v) is 13.4. The van der Waals surface area contributed by atoms with E-state index in [0.717, 1.165) is 6.20 Å². The summed E-state index contributed by atoms with van der Waals surface area (Å²) in [7, 11) is 0. The zero-order chi connectivity index (χ0) is 20.9. The minimum absolute atomic E-state index is 0.259. The summed E-state index contributed by atoms with van der Waals surface area (Å²) in [6.07, 6.45) is -8.74. The van der Waals surface area contributed by atoms with Crippen LogP contribution in [-0.4, -0.2) is 18.5 Å². The first-order valence-corrected chi connectivity index (χ1v) is 7.07. The number of nitriles is 1.